The van der Waals surface area contributed by atoms with Gasteiger partial charge in [0.2, 0.25) is 11.8 Å². The molecule has 0 aliphatic carbocycles. The number of hydrogen-bond acceptors (Lipinski definition) is 5. The van der Waals surface area contributed by atoms with Crippen molar-refractivity contribution >= 4 is 31.9 Å². The Kier molecular flexibility index (Phi) is 4.95. The molecule has 0 spiro atoms. The maximum Gasteiger partial charge on any atom is 0.265 e. The fourth-order valence-electron chi connectivity index (χ4n) is 1.93. The Morgan fingerprint density at radius 2 is 1.84 bits per heavy atom. The van der Waals surface area contributed by atoms with Gasteiger partial charge in [0.25, 0.3) is 10.0 Å². The Balaban J connectivity index is 1.84. The monoisotopic (exact) mass is 423 g/mol. The van der Waals surface area contributed by atoms with Gasteiger partial charge in [-0.3, -0.25) is 0 Å². The van der Waals surface area contributed by atoms with Gasteiger partial charge in [-0.05, 0) is 46.3 Å². The summed E-state index contributed by atoms with van der Waals surface area (Å²) < 4.78 is 45.8. The van der Waals surface area contributed by atoms with E-state index in [4.69, 9.17) is 4.74 Å². The lowest BCUT2D eigenvalue weighted by molar-refractivity contribution is 0.462. The van der Waals surface area contributed by atoms with Crippen molar-refractivity contribution in [1.29, 1.82) is 0 Å². The second kappa shape index (κ2) is 7.16. The van der Waals surface area contributed by atoms with Gasteiger partial charge in [0, 0.05) is 16.7 Å². The van der Waals surface area contributed by atoms with Crippen molar-refractivity contribution in [3.8, 4) is 11.6 Å². The fourth-order valence-corrected chi connectivity index (χ4v) is 3.93. The number of ether oxygens (including phenoxy) is 1. The molecule has 0 fully saturated rings. The van der Waals surface area contributed by atoms with E-state index in [-0.39, 0.29) is 21.2 Å². The van der Waals surface area contributed by atoms with E-state index in [1.54, 1.807) is 24.3 Å². The molecule has 3 aromatic rings. The molecule has 1 N–H and O–H groups in total. The van der Waals surface area contributed by atoms with Crippen molar-refractivity contribution in [2.45, 2.75) is 4.90 Å². The van der Waals surface area contributed by atoms with Crippen LogP contribution in [0.4, 0.5) is 10.3 Å². The number of rotatable bonds is 5. The third kappa shape index (κ3) is 4.31. The number of anilines is 1. The van der Waals surface area contributed by atoms with Crippen LogP contribution in [0.1, 0.15) is 0 Å². The van der Waals surface area contributed by atoms with E-state index in [1.807, 2.05) is 6.07 Å². The van der Waals surface area contributed by atoms with Gasteiger partial charge in [-0.15, -0.1) is 0 Å². The SMILES string of the molecule is O=S(=O)(Nc1nccc(Oc2ccccc2)n1)c1ccc(F)cc1Br. The number of sulfonamides is 1. The predicted molar refractivity (Wildman–Crippen MR) is 93.5 cm³/mol. The Morgan fingerprint density at radius 1 is 1.08 bits per heavy atom. The molecule has 0 saturated heterocycles. The van der Waals surface area contributed by atoms with Gasteiger partial charge in [0.05, 0.1) is 0 Å². The number of benzene rings is 2. The van der Waals surface area contributed by atoms with E-state index in [0.717, 1.165) is 18.2 Å². The first-order valence-electron chi connectivity index (χ1n) is 6.98. The number of halogens is 2. The van der Waals surface area contributed by atoms with E-state index >= 15 is 0 Å². The molecule has 3 rings (SSSR count). The van der Waals surface area contributed by atoms with Gasteiger partial charge in [-0.2, -0.15) is 4.98 Å². The molecular formula is C16H11BrFN3O3S. The minimum absolute atomic E-state index is 0.0942. The molecule has 9 heteroatoms. The molecule has 0 radical (unpaired) electrons. The van der Waals surface area contributed by atoms with Crippen LogP contribution in [0.2, 0.25) is 0 Å². The number of nitrogens with one attached hydrogen (secondary N) is 1. The molecule has 0 amide bonds. The maximum atomic E-state index is 13.1. The van der Waals surface area contributed by atoms with Crippen LogP contribution in [0.3, 0.4) is 0 Å². The van der Waals surface area contributed by atoms with E-state index in [9.17, 15) is 12.8 Å². The first-order chi connectivity index (χ1) is 11.9. The molecule has 0 aliphatic heterocycles. The zero-order valence-corrected chi connectivity index (χ0v) is 15.0. The van der Waals surface area contributed by atoms with Crippen molar-refractivity contribution in [2.75, 3.05) is 4.72 Å². The standard InChI is InChI=1S/C16H11BrFN3O3S/c17-13-10-11(18)6-7-14(13)25(22,23)21-16-19-9-8-15(20-16)24-12-4-2-1-3-5-12/h1-10H,(H,19,20,21). The summed E-state index contributed by atoms with van der Waals surface area (Å²) in [5.41, 5.74) is 0. The van der Waals surface area contributed by atoms with E-state index < -0.39 is 15.8 Å². The summed E-state index contributed by atoms with van der Waals surface area (Å²) in [6.45, 7) is 0. The first-order valence-corrected chi connectivity index (χ1v) is 9.25. The fraction of sp³-hybridized carbons (Fsp3) is 0. The minimum atomic E-state index is -3.99. The zero-order valence-electron chi connectivity index (χ0n) is 12.6. The van der Waals surface area contributed by atoms with Crippen molar-refractivity contribution < 1.29 is 17.5 Å². The zero-order chi connectivity index (χ0) is 17.9. The summed E-state index contributed by atoms with van der Waals surface area (Å²) in [4.78, 5) is 7.75. The number of para-hydroxylation sites is 1. The van der Waals surface area contributed by atoms with Gasteiger partial charge in [0.1, 0.15) is 16.5 Å². The van der Waals surface area contributed by atoms with Crippen LogP contribution >= 0.6 is 15.9 Å². The van der Waals surface area contributed by atoms with Gasteiger partial charge in [-0.25, -0.2) is 22.5 Å². The average Bonchev–Trinajstić information content (AvgIpc) is 2.55. The molecule has 25 heavy (non-hydrogen) atoms. The molecule has 0 unspecified atom stereocenters. The van der Waals surface area contributed by atoms with Crippen LogP contribution in [-0.4, -0.2) is 18.4 Å². The molecule has 1 aromatic heterocycles. The highest BCUT2D eigenvalue weighted by Gasteiger charge is 2.19. The number of aromatic nitrogens is 2. The summed E-state index contributed by atoms with van der Waals surface area (Å²) in [6.07, 6.45) is 1.36. The van der Waals surface area contributed by atoms with Gasteiger partial charge in [0.15, 0.2) is 0 Å². The van der Waals surface area contributed by atoms with Gasteiger partial charge in [-0.1, -0.05) is 18.2 Å². The summed E-state index contributed by atoms with van der Waals surface area (Å²) in [5, 5.41) is 0. The van der Waals surface area contributed by atoms with Gasteiger partial charge >= 0.3 is 0 Å². The Morgan fingerprint density at radius 3 is 2.56 bits per heavy atom. The van der Waals surface area contributed by atoms with Crippen LogP contribution in [0, 0.1) is 5.82 Å². The number of nitrogens with zero attached hydrogens (tertiary/aromatic N) is 2. The number of hydrogen-bond donors (Lipinski definition) is 1. The van der Waals surface area contributed by atoms with Crippen molar-refractivity contribution in [1.82, 2.24) is 9.97 Å². The third-order valence-corrected chi connectivity index (χ3v) is 5.31. The van der Waals surface area contributed by atoms with Crippen LogP contribution in [-0.2, 0) is 10.0 Å². The van der Waals surface area contributed by atoms with E-state index in [0.29, 0.717) is 5.75 Å². The largest absolute Gasteiger partial charge is 0.439 e. The average molecular weight is 424 g/mol. The minimum Gasteiger partial charge on any atom is -0.439 e. The molecule has 6 nitrogen and oxygen atoms in total. The predicted octanol–water partition coefficient (Wildman–Crippen LogP) is 3.97. The van der Waals surface area contributed by atoms with E-state index in [2.05, 4.69) is 30.6 Å². The molecule has 0 aliphatic rings. The highest BCUT2D eigenvalue weighted by atomic mass is 79.9. The van der Waals surface area contributed by atoms with Crippen LogP contribution in [0.5, 0.6) is 11.6 Å². The Labute approximate surface area is 151 Å². The smallest absolute Gasteiger partial charge is 0.265 e. The van der Waals surface area contributed by atoms with Crippen molar-refractivity contribution in [3.05, 3.63) is 71.1 Å². The molecule has 128 valence electrons. The second-order valence-corrected chi connectivity index (χ2v) is 7.32. The molecular weight excluding hydrogens is 413 g/mol. The summed E-state index contributed by atoms with van der Waals surface area (Å²) in [6, 6.07) is 13.7. The normalized spacial score (nSPS) is 11.1. The Hall–Kier alpha value is -2.52. The molecule has 1 heterocycles. The quantitative estimate of drug-likeness (QED) is 0.671. The molecule has 0 saturated carbocycles. The molecule has 2 aromatic carbocycles. The summed E-state index contributed by atoms with van der Waals surface area (Å²) in [5.74, 6) is 0.0124. The third-order valence-electron chi connectivity index (χ3n) is 3.00. The van der Waals surface area contributed by atoms with Crippen LogP contribution < -0.4 is 9.46 Å². The lowest BCUT2D eigenvalue weighted by Crippen LogP contribution is -2.15. The van der Waals surface area contributed by atoms with Crippen molar-refractivity contribution in [2.24, 2.45) is 0 Å². The highest BCUT2D eigenvalue weighted by Crippen LogP contribution is 2.25. The second-order valence-electron chi connectivity index (χ2n) is 4.81. The summed E-state index contributed by atoms with van der Waals surface area (Å²) >= 11 is 3.03. The maximum absolute atomic E-state index is 13.1. The Bertz CT molecular complexity index is 1000. The lowest BCUT2D eigenvalue weighted by atomic mass is 10.3. The van der Waals surface area contributed by atoms with Crippen molar-refractivity contribution in [3.63, 3.8) is 0 Å². The molecule has 0 atom stereocenters. The van der Waals surface area contributed by atoms with Crippen LogP contribution in [0.15, 0.2) is 70.2 Å². The van der Waals surface area contributed by atoms with Gasteiger partial charge < -0.3 is 4.74 Å². The van der Waals surface area contributed by atoms with E-state index in [1.165, 1.54) is 12.3 Å². The highest BCUT2D eigenvalue weighted by molar-refractivity contribution is 9.10. The first kappa shape index (κ1) is 17.3. The molecule has 0 bridgehead atoms. The topological polar surface area (TPSA) is 81.2 Å². The van der Waals surface area contributed by atoms with Crippen LogP contribution in [0.25, 0.3) is 0 Å². The lowest BCUT2D eigenvalue weighted by Gasteiger charge is -2.09. The summed E-state index contributed by atoms with van der Waals surface area (Å²) in [7, 11) is -3.99.